The highest BCUT2D eigenvalue weighted by Gasteiger charge is 2.47. The first-order chi connectivity index (χ1) is 10.3. The number of benzene rings is 1. The summed E-state index contributed by atoms with van der Waals surface area (Å²) in [5, 5.41) is 9.09. The number of nitrogens with zero attached hydrogens (tertiary/aromatic N) is 1. The third kappa shape index (κ3) is 2.37. The molecule has 0 bridgehead atoms. The van der Waals surface area contributed by atoms with Gasteiger partial charge in [0.25, 0.3) is 5.91 Å². The third-order valence-corrected chi connectivity index (χ3v) is 4.23. The van der Waals surface area contributed by atoms with Gasteiger partial charge >= 0.3 is 5.97 Å². The van der Waals surface area contributed by atoms with E-state index in [-0.39, 0.29) is 24.0 Å². The second kappa shape index (κ2) is 5.05. The number of aromatic amines is 1. The van der Waals surface area contributed by atoms with E-state index in [1.807, 2.05) is 0 Å². The van der Waals surface area contributed by atoms with Gasteiger partial charge in [-0.2, -0.15) is 0 Å². The zero-order valence-electron chi connectivity index (χ0n) is 11.2. The van der Waals surface area contributed by atoms with Crippen LogP contribution in [0, 0.1) is 5.82 Å². The summed E-state index contributed by atoms with van der Waals surface area (Å²) in [6, 6.07) is 4.24. The van der Waals surface area contributed by atoms with Crippen LogP contribution in [0.2, 0.25) is 0 Å². The molecule has 0 aliphatic carbocycles. The van der Waals surface area contributed by atoms with Gasteiger partial charge in [-0.15, -0.1) is 0 Å². The van der Waals surface area contributed by atoms with Crippen LogP contribution in [-0.4, -0.2) is 45.6 Å². The lowest BCUT2D eigenvalue weighted by atomic mass is 10.1. The number of nitrogens with one attached hydrogen (secondary N) is 1. The molecule has 1 atom stereocenters. The predicted octanol–water partition coefficient (Wildman–Crippen LogP) is 2.71. The Kier molecular flexibility index (Phi) is 3.43. The normalized spacial score (nSPS) is 21.5. The Bertz CT molecular complexity index is 792. The minimum absolute atomic E-state index is 0.00315. The number of carbonyl (C=O) groups excluding carboxylic acids is 1. The molecule has 1 aliphatic rings. The lowest BCUT2D eigenvalue weighted by molar-refractivity contribution is -0.149. The lowest BCUT2D eigenvalue weighted by Gasteiger charge is -2.16. The van der Waals surface area contributed by atoms with Crippen LogP contribution in [-0.2, 0) is 4.79 Å². The number of alkyl halides is 1. The van der Waals surface area contributed by atoms with Gasteiger partial charge in [0.2, 0.25) is 5.67 Å². The minimum Gasteiger partial charge on any atom is -0.479 e. The number of halogens is 3. The third-order valence-electron chi connectivity index (χ3n) is 3.77. The number of likely N-dealkylation sites (tertiary alicyclic amines) is 1. The number of amides is 1. The molecule has 1 fully saturated rings. The van der Waals surface area contributed by atoms with Gasteiger partial charge < -0.3 is 15.0 Å². The number of aliphatic carboxylic acids is 1. The molecule has 0 radical (unpaired) electrons. The minimum atomic E-state index is -2.42. The summed E-state index contributed by atoms with van der Waals surface area (Å²) in [7, 11) is 0. The van der Waals surface area contributed by atoms with Gasteiger partial charge in [-0.1, -0.05) is 15.9 Å². The van der Waals surface area contributed by atoms with E-state index >= 15 is 0 Å². The second-order valence-corrected chi connectivity index (χ2v) is 6.19. The van der Waals surface area contributed by atoms with Crippen molar-refractivity contribution in [2.24, 2.45) is 0 Å². The summed E-state index contributed by atoms with van der Waals surface area (Å²) in [5.41, 5.74) is -1.89. The molecular weight excluding hydrogens is 362 g/mol. The molecule has 2 N–H and O–H groups in total. The van der Waals surface area contributed by atoms with Crippen LogP contribution < -0.4 is 0 Å². The fraction of sp³-hybridized carbons (Fsp3) is 0.286. The van der Waals surface area contributed by atoms with Crippen LogP contribution >= 0.6 is 15.9 Å². The summed E-state index contributed by atoms with van der Waals surface area (Å²) in [4.78, 5) is 27.1. The number of fused-ring (bicyclic) bond motifs is 1. The number of hydrogen-bond acceptors (Lipinski definition) is 2. The Morgan fingerprint density at radius 3 is 2.73 bits per heavy atom. The fourth-order valence-electron chi connectivity index (χ4n) is 2.57. The number of carboxylic acids is 1. The molecule has 2 heterocycles. The number of rotatable bonds is 2. The standard InChI is InChI=1S/C14H11BrF2N2O3/c15-7-3-9(16)8-5-11(18-10(8)4-7)12(20)19-2-1-14(17,6-19)13(21)22/h3-5,18H,1-2,6H2,(H,21,22). The predicted molar refractivity (Wildman–Crippen MR) is 78.0 cm³/mol. The summed E-state index contributed by atoms with van der Waals surface area (Å²) >= 11 is 3.16. The van der Waals surface area contributed by atoms with Gasteiger partial charge in [0, 0.05) is 22.8 Å². The first-order valence-electron chi connectivity index (χ1n) is 6.49. The summed E-state index contributed by atoms with van der Waals surface area (Å²) in [6.07, 6.45) is -0.256. The van der Waals surface area contributed by atoms with E-state index in [4.69, 9.17) is 5.11 Å². The molecule has 1 unspecified atom stereocenters. The van der Waals surface area contributed by atoms with Crippen LogP contribution in [0.3, 0.4) is 0 Å². The largest absolute Gasteiger partial charge is 0.479 e. The highest BCUT2D eigenvalue weighted by Crippen LogP contribution is 2.29. The molecule has 22 heavy (non-hydrogen) atoms. The van der Waals surface area contributed by atoms with Gasteiger partial charge in [0.15, 0.2) is 0 Å². The Morgan fingerprint density at radius 2 is 2.09 bits per heavy atom. The smallest absolute Gasteiger partial charge is 0.343 e. The summed E-state index contributed by atoms with van der Waals surface area (Å²) < 4.78 is 28.4. The molecule has 3 rings (SSSR count). The van der Waals surface area contributed by atoms with Crippen molar-refractivity contribution >= 4 is 38.7 Å². The fourth-order valence-corrected chi connectivity index (χ4v) is 3.00. The molecule has 5 nitrogen and oxygen atoms in total. The molecular formula is C14H11BrF2N2O3. The number of H-pyrrole nitrogens is 1. The molecule has 1 amide bonds. The maximum Gasteiger partial charge on any atom is 0.343 e. The van der Waals surface area contributed by atoms with Crippen molar-refractivity contribution in [3.63, 3.8) is 0 Å². The van der Waals surface area contributed by atoms with Crippen molar-refractivity contribution in [1.29, 1.82) is 0 Å². The highest BCUT2D eigenvalue weighted by atomic mass is 79.9. The molecule has 1 aromatic carbocycles. The molecule has 2 aromatic rings. The van der Waals surface area contributed by atoms with Crippen molar-refractivity contribution in [2.45, 2.75) is 12.1 Å². The van der Waals surface area contributed by atoms with E-state index in [2.05, 4.69) is 20.9 Å². The SMILES string of the molecule is O=C(c1cc2c(F)cc(Br)cc2[nH]1)N1CCC(F)(C(=O)O)C1. The van der Waals surface area contributed by atoms with E-state index in [9.17, 15) is 18.4 Å². The number of aromatic nitrogens is 1. The highest BCUT2D eigenvalue weighted by molar-refractivity contribution is 9.10. The lowest BCUT2D eigenvalue weighted by Crippen LogP contribution is -2.39. The van der Waals surface area contributed by atoms with Gasteiger partial charge in [-0.3, -0.25) is 4.79 Å². The molecule has 1 aliphatic heterocycles. The topological polar surface area (TPSA) is 73.4 Å². The van der Waals surface area contributed by atoms with Crippen molar-refractivity contribution < 1.29 is 23.5 Å². The average Bonchev–Trinajstić information content (AvgIpc) is 3.03. The van der Waals surface area contributed by atoms with Crippen molar-refractivity contribution in [3.05, 3.63) is 34.2 Å². The zero-order valence-corrected chi connectivity index (χ0v) is 12.8. The van der Waals surface area contributed by atoms with E-state index in [1.165, 1.54) is 12.1 Å². The Balaban J connectivity index is 1.90. The van der Waals surface area contributed by atoms with E-state index in [1.54, 1.807) is 6.07 Å². The van der Waals surface area contributed by atoms with E-state index in [0.29, 0.717) is 9.99 Å². The van der Waals surface area contributed by atoms with E-state index < -0.39 is 29.9 Å². The van der Waals surface area contributed by atoms with E-state index in [0.717, 1.165) is 4.90 Å². The molecule has 0 spiro atoms. The van der Waals surface area contributed by atoms with Gasteiger partial charge in [0.05, 0.1) is 12.1 Å². The number of carbonyl (C=O) groups is 2. The summed E-state index contributed by atoms with van der Waals surface area (Å²) in [6.45, 7) is -0.508. The maximum absolute atomic E-state index is 14.0. The Morgan fingerprint density at radius 1 is 1.36 bits per heavy atom. The summed E-state index contributed by atoms with van der Waals surface area (Å²) in [5.74, 6) is -2.62. The maximum atomic E-state index is 14.0. The van der Waals surface area contributed by atoms with Crippen LogP contribution in [0.25, 0.3) is 10.9 Å². The van der Waals surface area contributed by atoms with Crippen LogP contribution in [0.1, 0.15) is 16.9 Å². The average molecular weight is 373 g/mol. The molecule has 116 valence electrons. The van der Waals surface area contributed by atoms with Crippen LogP contribution in [0.5, 0.6) is 0 Å². The molecule has 1 aromatic heterocycles. The van der Waals surface area contributed by atoms with Crippen molar-refractivity contribution in [1.82, 2.24) is 9.88 Å². The molecule has 1 saturated heterocycles. The monoisotopic (exact) mass is 372 g/mol. The Labute approximate surface area is 132 Å². The second-order valence-electron chi connectivity index (χ2n) is 5.28. The first kappa shape index (κ1) is 15.0. The Hall–Kier alpha value is -1.96. The number of hydrogen-bond donors (Lipinski definition) is 2. The van der Waals surface area contributed by atoms with Crippen molar-refractivity contribution in [3.8, 4) is 0 Å². The van der Waals surface area contributed by atoms with Gasteiger partial charge in [-0.25, -0.2) is 13.6 Å². The van der Waals surface area contributed by atoms with Crippen LogP contribution in [0.4, 0.5) is 8.78 Å². The molecule has 0 saturated carbocycles. The van der Waals surface area contributed by atoms with Gasteiger partial charge in [0.1, 0.15) is 11.5 Å². The first-order valence-corrected chi connectivity index (χ1v) is 7.29. The number of carboxylic acid groups (broad SMARTS) is 1. The zero-order chi connectivity index (χ0) is 16.1. The van der Waals surface area contributed by atoms with Gasteiger partial charge in [-0.05, 0) is 18.2 Å². The van der Waals surface area contributed by atoms with Crippen molar-refractivity contribution in [2.75, 3.05) is 13.1 Å². The van der Waals surface area contributed by atoms with Crippen LogP contribution in [0.15, 0.2) is 22.7 Å². The molecule has 8 heteroatoms. The quantitative estimate of drug-likeness (QED) is 0.850.